The number of aromatic nitrogens is 5. The maximum Gasteiger partial charge on any atom is 0.417 e. The summed E-state index contributed by atoms with van der Waals surface area (Å²) in [5, 5.41) is 7.75. The molecular formula is C20H18ClF3N6O. The lowest BCUT2D eigenvalue weighted by molar-refractivity contribution is -0.137. The van der Waals surface area contributed by atoms with Crippen LogP contribution in [0.4, 0.5) is 13.2 Å². The van der Waals surface area contributed by atoms with Gasteiger partial charge in [0.25, 0.3) is 11.9 Å². The van der Waals surface area contributed by atoms with Gasteiger partial charge in [-0.15, -0.1) is 5.10 Å². The van der Waals surface area contributed by atoms with Crippen LogP contribution in [0.25, 0.3) is 5.95 Å². The highest BCUT2D eigenvalue weighted by Crippen LogP contribution is 2.38. The quantitative estimate of drug-likeness (QED) is 0.601. The summed E-state index contributed by atoms with van der Waals surface area (Å²) in [5.41, 5.74) is 0.935. The molecule has 11 heteroatoms. The van der Waals surface area contributed by atoms with Gasteiger partial charge in [-0.1, -0.05) is 29.8 Å². The Hall–Kier alpha value is -3.01. The monoisotopic (exact) mass is 450 g/mol. The van der Waals surface area contributed by atoms with Crippen LogP contribution in [0.2, 0.25) is 5.02 Å². The van der Waals surface area contributed by atoms with Crippen LogP contribution in [0, 0.1) is 0 Å². The first kappa shape index (κ1) is 21.2. The lowest BCUT2D eigenvalue weighted by atomic mass is 10.0. The number of nitrogens with zero attached hydrogens (tertiary/aromatic N) is 6. The molecule has 0 aliphatic carbocycles. The molecule has 3 aromatic rings. The Bertz CT molecular complexity index is 1150. The van der Waals surface area contributed by atoms with Gasteiger partial charge >= 0.3 is 6.18 Å². The normalized spacial score (nSPS) is 16.3. The zero-order chi connectivity index (χ0) is 22.3. The number of alkyl halides is 3. The van der Waals surface area contributed by atoms with E-state index in [2.05, 4.69) is 20.3 Å². The minimum atomic E-state index is -4.65. The molecule has 0 unspecified atom stereocenters. The molecule has 162 valence electrons. The Balaban J connectivity index is 1.66. The van der Waals surface area contributed by atoms with Crippen LogP contribution >= 0.6 is 11.6 Å². The predicted molar refractivity (Wildman–Crippen MR) is 106 cm³/mol. The fourth-order valence-corrected chi connectivity index (χ4v) is 3.95. The molecule has 0 fully saturated rings. The molecule has 1 atom stereocenters. The molecule has 3 heterocycles. The van der Waals surface area contributed by atoms with Crippen molar-refractivity contribution in [2.75, 3.05) is 6.54 Å². The fraction of sp³-hybridized carbons (Fsp3) is 0.350. The average molecular weight is 451 g/mol. The largest absolute Gasteiger partial charge is 0.417 e. The third-order valence-electron chi connectivity index (χ3n) is 5.29. The van der Waals surface area contributed by atoms with E-state index in [1.807, 2.05) is 13.0 Å². The smallest absolute Gasteiger partial charge is 0.330 e. The van der Waals surface area contributed by atoms with Gasteiger partial charge in [0.2, 0.25) is 0 Å². The number of carbonyl (C=O) groups excluding carboxylic acids is 1. The molecule has 0 N–H and O–H groups in total. The van der Waals surface area contributed by atoms with Crippen molar-refractivity contribution < 1.29 is 18.0 Å². The Morgan fingerprint density at radius 1 is 1.29 bits per heavy atom. The van der Waals surface area contributed by atoms with Crippen molar-refractivity contribution in [3.05, 3.63) is 63.7 Å². The lowest BCUT2D eigenvalue weighted by Gasteiger charge is -2.33. The van der Waals surface area contributed by atoms with Gasteiger partial charge in [-0.2, -0.15) is 17.9 Å². The molecule has 7 nitrogen and oxygen atoms in total. The molecule has 1 aliphatic heterocycles. The van der Waals surface area contributed by atoms with E-state index in [4.69, 9.17) is 11.6 Å². The third-order valence-corrected chi connectivity index (χ3v) is 5.70. The third kappa shape index (κ3) is 3.76. The minimum absolute atomic E-state index is 0.196. The zero-order valence-corrected chi connectivity index (χ0v) is 17.4. The SMILES string of the molecule is CCc1ccnc(-n2nnc3c2CCN(C(=O)c2cccc(C(F)(F)F)c2Cl)[C@@H]3C)n1. The second-order valence-electron chi connectivity index (χ2n) is 7.12. The Morgan fingerprint density at radius 2 is 2.06 bits per heavy atom. The van der Waals surface area contributed by atoms with Crippen molar-refractivity contribution in [1.82, 2.24) is 29.9 Å². The van der Waals surface area contributed by atoms with Crippen molar-refractivity contribution in [2.24, 2.45) is 0 Å². The molecule has 0 saturated carbocycles. The summed E-state index contributed by atoms with van der Waals surface area (Å²) in [6, 6.07) is 4.63. The van der Waals surface area contributed by atoms with E-state index in [-0.39, 0.29) is 12.1 Å². The van der Waals surface area contributed by atoms with E-state index in [9.17, 15) is 18.0 Å². The number of hydrogen-bond donors (Lipinski definition) is 0. The van der Waals surface area contributed by atoms with Gasteiger partial charge in [0, 0.05) is 24.9 Å². The second kappa shape index (κ2) is 7.92. The van der Waals surface area contributed by atoms with Crippen LogP contribution in [0.3, 0.4) is 0 Å². The molecule has 1 aliphatic rings. The van der Waals surface area contributed by atoms with Crippen molar-refractivity contribution in [1.29, 1.82) is 0 Å². The topological polar surface area (TPSA) is 76.8 Å². The first-order chi connectivity index (χ1) is 14.7. The van der Waals surface area contributed by atoms with E-state index >= 15 is 0 Å². The van der Waals surface area contributed by atoms with Crippen LogP contribution in [-0.2, 0) is 19.0 Å². The summed E-state index contributed by atoms with van der Waals surface area (Å²) in [4.78, 5) is 23.2. The second-order valence-corrected chi connectivity index (χ2v) is 7.50. The number of benzene rings is 1. The Kier molecular flexibility index (Phi) is 5.42. The van der Waals surface area contributed by atoms with Crippen LogP contribution < -0.4 is 0 Å². The highest BCUT2D eigenvalue weighted by Gasteiger charge is 2.37. The van der Waals surface area contributed by atoms with Crippen molar-refractivity contribution >= 4 is 17.5 Å². The molecule has 0 saturated heterocycles. The van der Waals surface area contributed by atoms with E-state index in [0.717, 1.165) is 23.9 Å². The fourth-order valence-electron chi connectivity index (χ4n) is 3.63. The summed E-state index contributed by atoms with van der Waals surface area (Å²) < 4.78 is 41.1. The van der Waals surface area contributed by atoms with Gasteiger partial charge in [0.1, 0.15) is 5.69 Å². The van der Waals surface area contributed by atoms with Crippen LogP contribution in [0.5, 0.6) is 0 Å². The van der Waals surface area contributed by atoms with E-state index in [1.54, 1.807) is 17.8 Å². The van der Waals surface area contributed by atoms with E-state index in [1.165, 1.54) is 17.0 Å². The van der Waals surface area contributed by atoms with Crippen molar-refractivity contribution in [3.8, 4) is 5.95 Å². The highest BCUT2D eigenvalue weighted by molar-refractivity contribution is 6.34. The van der Waals surface area contributed by atoms with Crippen LogP contribution in [-0.4, -0.2) is 42.3 Å². The van der Waals surface area contributed by atoms with Crippen LogP contribution in [0.1, 0.15) is 52.9 Å². The maximum absolute atomic E-state index is 13.2. The average Bonchev–Trinajstić information content (AvgIpc) is 3.18. The first-order valence-electron chi connectivity index (χ1n) is 9.65. The van der Waals surface area contributed by atoms with Gasteiger partial charge < -0.3 is 4.90 Å². The molecule has 0 bridgehead atoms. The number of amides is 1. The predicted octanol–water partition coefficient (Wildman–Crippen LogP) is 4.05. The van der Waals surface area contributed by atoms with Gasteiger partial charge in [0.05, 0.1) is 27.9 Å². The summed E-state index contributed by atoms with van der Waals surface area (Å²) >= 11 is 5.95. The van der Waals surface area contributed by atoms with Crippen molar-refractivity contribution in [3.63, 3.8) is 0 Å². The van der Waals surface area contributed by atoms with Gasteiger partial charge in [0.15, 0.2) is 0 Å². The minimum Gasteiger partial charge on any atom is -0.330 e. The number of aryl methyl sites for hydroxylation is 1. The lowest BCUT2D eigenvalue weighted by Crippen LogP contribution is -2.39. The summed E-state index contributed by atoms with van der Waals surface area (Å²) in [7, 11) is 0. The molecule has 4 rings (SSSR count). The number of rotatable bonds is 3. The Labute approximate surface area is 180 Å². The molecular weight excluding hydrogens is 433 g/mol. The van der Waals surface area contributed by atoms with Gasteiger partial charge in [-0.25, -0.2) is 9.97 Å². The van der Waals surface area contributed by atoms with E-state index < -0.39 is 28.7 Å². The number of carbonyl (C=O) groups is 1. The highest BCUT2D eigenvalue weighted by atomic mass is 35.5. The van der Waals surface area contributed by atoms with Gasteiger partial charge in [-0.3, -0.25) is 4.79 Å². The molecule has 2 aromatic heterocycles. The zero-order valence-electron chi connectivity index (χ0n) is 16.7. The first-order valence-corrected chi connectivity index (χ1v) is 10.0. The van der Waals surface area contributed by atoms with Crippen molar-refractivity contribution in [2.45, 2.75) is 38.9 Å². The molecule has 1 aromatic carbocycles. The summed E-state index contributed by atoms with van der Waals surface area (Å²) in [6.07, 6.45) is -1.87. The maximum atomic E-state index is 13.2. The molecule has 31 heavy (non-hydrogen) atoms. The molecule has 1 amide bonds. The van der Waals surface area contributed by atoms with Gasteiger partial charge in [-0.05, 0) is 31.5 Å². The number of halogens is 4. The number of fused-ring (bicyclic) bond motifs is 1. The van der Waals surface area contributed by atoms with E-state index in [0.29, 0.717) is 18.1 Å². The summed E-state index contributed by atoms with van der Waals surface area (Å²) in [5.74, 6) is -0.200. The molecule has 0 spiro atoms. The Morgan fingerprint density at radius 3 is 2.77 bits per heavy atom. The standard InChI is InChI=1S/C20H18ClF3N6O/c1-3-12-7-9-25-19(26-12)30-15-8-10-29(11(2)17(15)27-28-30)18(31)13-5-4-6-14(16(13)21)20(22,23)24/h4-7,9,11H,3,8,10H2,1-2H3/t11-/m1/s1. The number of hydrogen-bond acceptors (Lipinski definition) is 5. The molecule has 0 radical (unpaired) electrons. The summed E-state index contributed by atoms with van der Waals surface area (Å²) in [6.45, 7) is 3.99. The van der Waals surface area contributed by atoms with Crippen LogP contribution in [0.15, 0.2) is 30.5 Å².